The fourth-order valence-corrected chi connectivity index (χ4v) is 1.87. The van der Waals surface area contributed by atoms with Crippen LogP contribution in [0.2, 0.25) is 0 Å². The molecule has 5 nitrogen and oxygen atoms in total. The summed E-state index contributed by atoms with van der Waals surface area (Å²) in [4.78, 5) is 14.2. The van der Waals surface area contributed by atoms with E-state index < -0.39 is 17.5 Å². The van der Waals surface area contributed by atoms with E-state index in [-0.39, 0.29) is 17.9 Å². The lowest BCUT2D eigenvalue weighted by Crippen LogP contribution is -2.08. The van der Waals surface area contributed by atoms with Gasteiger partial charge in [-0.3, -0.25) is 10.1 Å². The summed E-state index contributed by atoms with van der Waals surface area (Å²) in [6.07, 6.45) is -3.89. The van der Waals surface area contributed by atoms with Crippen molar-refractivity contribution in [3.63, 3.8) is 0 Å². The first kappa shape index (κ1) is 15.7. The SMILES string of the molecule is O=[N+]([O-])c1cccnc1Nc1cccc(CCC(F)(F)F)c1. The molecule has 0 aliphatic heterocycles. The molecule has 0 saturated carbocycles. The molecule has 116 valence electrons. The van der Waals surface area contributed by atoms with Crippen molar-refractivity contribution < 1.29 is 18.1 Å². The van der Waals surface area contributed by atoms with Gasteiger partial charge < -0.3 is 5.32 Å². The second-order valence-electron chi connectivity index (χ2n) is 4.57. The second-order valence-corrected chi connectivity index (χ2v) is 4.57. The highest BCUT2D eigenvalue weighted by Crippen LogP contribution is 2.26. The number of nitrogens with one attached hydrogen (secondary N) is 1. The van der Waals surface area contributed by atoms with Crippen molar-refractivity contribution in [2.24, 2.45) is 0 Å². The molecule has 8 heteroatoms. The van der Waals surface area contributed by atoms with E-state index in [2.05, 4.69) is 10.3 Å². The summed E-state index contributed by atoms with van der Waals surface area (Å²) in [6, 6.07) is 9.01. The maximum atomic E-state index is 12.2. The number of nitro groups is 1. The maximum absolute atomic E-state index is 12.2. The highest BCUT2D eigenvalue weighted by molar-refractivity contribution is 5.65. The molecule has 1 N–H and O–H groups in total. The Morgan fingerprint density at radius 1 is 1.23 bits per heavy atom. The number of hydrogen-bond acceptors (Lipinski definition) is 4. The van der Waals surface area contributed by atoms with E-state index in [4.69, 9.17) is 0 Å². The zero-order chi connectivity index (χ0) is 16.2. The normalized spacial score (nSPS) is 11.2. The van der Waals surface area contributed by atoms with E-state index in [1.807, 2.05) is 0 Å². The molecule has 0 aliphatic rings. The number of alkyl halides is 3. The minimum Gasteiger partial charge on any atom is -0.334 e. The number of rotatable bonds is 5. The van der Waals surface area contributed by atoms with Gasteiger partial charge in [-0.05, 0) is 30.2 Å². The van der Waals surface area contributed by atoms with Crippen LogP contribution in [0, 0.1) is 10.1 Å². The molecule has 0 amide bonds. The smallest absolute Gasteiger partial charge is 0.334 e. The summed E-state index contributed by atoms with van der Waals surface area (Å²) < 4.78 is 36.7. The molecular weight excluding hydrogens is 299 g/mol. The number of anilines is 2. The average Bonchev–Trinajstić information content (AvgIpc) is 2.45. The summed E-state index contributed by atoms with van der Waals surface area (Å²) >= 11 is 0. The molecule has 0 bridgehead atoms. The predicted octanol–water partition coefficient (Wildman–Crippen LogP) is 4.23. The van der Waals surface area contributed by atoms with Crippen LogP contribution in [0.1, 0.15) is 12.0 Å². The topological polar surface area (TPSA) is 68.1 Å². The van der Waals surface area contributed by atoms with Crippen LogP contribution in [-0.2, 0) is 6.42 Å². The molecule has 0 fully saturated rings. The molecule has 0 atom stereocenters. The molecule has 0 spiro atoms. The minimum atomic E-state index is -4.22. The molecule has 2 aromatic rings. The van der Waals surface area contributed by atoms with E-state index in [9.17, 15) is 23.3 Å². The summed E-state index contributed by atoms with van der Waals surface area (Å²) in [7, 11) is 0. The summed E-state index contributed by atoms with van der Waals surface area (Å²) in [5.41, 5.74) is 0.727. The minimum absolute atomic E-state index is 0.0421. The van der Waals surface area contributed by atoms with Crippen LogP contribution in [0.4, 0.5) is 30.4 Å². The van der Waals surface area contributed by atoms with E-state index in [0.29, 0.717) is 11.3 Å². The predicted molar refractivity (Wildman–Crippen MR) is 75.0 cm³/mol. The fourth-order valence-electron chi connectivity index (χ4n) is 1.87. The van der Waals surface area contributed by atoms with Gasteiger partial charge in [0.1, 0.15) is 0 Å². The van der Waals surface area contributed by atoms with Gasteiger partial charge in [0.2, 0.25) is 5.82 Å². The number of halogens is 3. The van der Waals surface area contributed by atoms with Gasteiger partial charge in [0.05, 0.1) is 4.92 Å². The Labute approximate surface area is 124 Å². The van der Waals surface area contributed by atoms with Crippen molar-refractivity contribution in [2.75, 3.05) is 5.32 Å². The zero-order valence-corrected chi connectivity index (χ0v) is 11.3. The van der Waals surface area contributed by atoms with Gasteiger partial charge in [-0.1, -0.05) is 12.1 Å². The lowest BCUT2D eigenvalue weighted by atomic mass is 10.1. The van der Waals surface area contributed by atoms with Crippen molar-refractivity contribution in [1.82, 2.24) is 4.98 Å². The van der Waals surface area contributed by atoms with Gasteiger partial charge in [0.15, 0.2) is 0 Å². The van der Waals surface area contributed by atoms with E-state index >= 15 is 0 Å². The van der Waals surface area contributed by atoms with Gasteiger partial charge >= 0.3 is 11.9 Å². The Hall–Kier alpha value is -2.64. The molecule has 0 aliphatic carbocycles. The molecule has 0 radical (unpaired) electrons. The number of pyridine rings is 1. The van der Waals surface area contributed by atoms with Gasteiger partial charge in [0.25, 0.3) is 0 Å². The van der Waals surface area contributed by atoms with Crippen molar-refractivity contribution >= 4 is 17.2 Å². The Balaban J connectivity index is 2.16. The lowest BCUT2D eigenvalue weighted by molar-refractivity contribution is -0.384. The number of nitrogens with zero attached hydrogens (tertiary/aromatic N) is 2. The second kappa shape index (κ2) is 6.42. The Kier molecular flexibility index (Phi) is 4.59. The number of aryl methyl sites for hydroxylation is 1. The highest BCUT2D eigenvalue weighted by Gasteiger charge is 2.26. The van der Waals surface area contributed by atoms with E-state index in [1.165, 1.54) is 24.4 Å². The van der Waals surface area contributed by atoms with Gasteiger partial charge in [-0.25, -0.2) is 4.98 Å². The summed E-state index contributed by atoms with van der Waals surface area (Å²) in [6.45, 7) is 0. The molecule has 22 heavy (non-hydrogen) atoms. The van der Waals surface area contributed by atoms with Crippen molar-refractivity contribution in [1.29, 1.82) is 0 Å². The lowest BCUT2D eigenvalue weighted by Gasteiger charge is -2.09. The Bertz CT molecular complexity index is 674. The number of hydrogen-bond donors (Lipinski definition) is 1. The fraction of sp³-hybridized carbons (Fsp3) is 0.214. The first-order chi connectivity index (χ1) is 10.3. The van der Waals surface area contributed by atoms with Gasteiger partial charge in [-0.15, -0.1) is 0 Å². The molecular formula is C14H12F3N3O2. The van der Waals surface area contributed by atoms with Crippen LogP contribution in [0.25, 0.3) is 0 Å². The third-order valence-corrected chi connectivity index (χ3v) is 2.87. The summed E-state index contributed by atoms with van der Waals surface area (Å²) in [5.74, 6) is 0.0421. The molecule has 1 heterocycles. The highest BCUT2D eigenvalue weighted by atomic mass is 19.4. The third kappa shape index (κ3) is 4.44. The van der Waals surface area contributed by atoms with Crippen LogP contribution in [0.3, 0.4) is 0 Å². The average molecular weight is 311 g/mol. The maximum Gasteiger partial charge on any atom is 0.389 e. The van der Waals surface area contributed by atoms with E-state index in [1.54, 1.807) is 18.2 Å². The van der Waals surface area contributed by atoms with E-state index in [0.717, 1.165) is 0 Å². The molecule has 2 rings (SSSR count). The van der Waals surface area contributed by atoms with Crippen LogP contribution in [0.5, 0.6) is 0 Å². The third-order valence-electron chi connectivity index (χ3n) is 2.87. The molecule has 0 unspecified atom stereocenters. The van der Waals surface area contributed by atoms with Crippen LogP contribution < -0.4 is 5.32 Å². The summed E-state index contributed by atoms with van der Waals surface area (Å²) in [5, 5.41) is 13.6. The largest absolute Gasteiger partial charge is 0.389 e. The van der Waals surface area contributed by atoms with Crippen molar-refractivity contribution in [2.45, 2.75) is 19.0 Å². The molecule has 1 aromatic carbocycles. The van der Waals surface area contributed by atoms with Crippen molar-refractivity contribution in [3.05, 3.63) is 58.3 Å². The van der Waals surface area contributed by atoms with Gasteiger partial charge in [-0.2, -0.15) is 13.2 Å². The monoisotopic (exact) mass is 311 g/mol. The number of aromatic nitrogens is 1. The van der Waals surface area contributed by atoms with Gasteiger partial charge in [0, 0.05) is 24.4 Å². The Morgan fingerprint density at radius 2 is 2.00 bits per heavy atom. The first-order valence-corrected chi connectivity index (χ1v) is 6.37. The quantitative estimate of drug-likeness (QED) is 0.663. The van der Waals surface area contributed by atoms with Crippen LogP contribution >= 0.6 is 0 Å². The standard InChI is InChI=1S/C14H12F3N3O2/c15-14(16,17)7-6-10-3-1-4-11(9-10)19-13-12(20(21)22)5-2-8-18-13/h1-5,8-9H,6-7H2,(H,18,19). The molecule has 0 saturated heterocycles. The van der Waals surface area contributed by atoms with Crippen LogP contribution in [0.15, 0.2) is 42.6 Å². The van der Waals surface area contributed by atoms with Crippen LogP contribution in [-0.4, -0.2) is 16.1 Å². The number of benzene rings is 1. The zero-order valence-electron chi connectivity index (χ0n) is 11.3. The first-order valence-electron chi connectivity index (χ1n) is 6.37. The molecule has 1 aromatic heterocycles. The Morgan fingerprint density at radius 3 is 2.68 bits per heavy atom. The van der Waals surface area contributed by atoms with Crippen molar-refractivity contribution in [3.8, 4) is 0 Å².